The summed E-state index contributed by atoms with van der Waals surface area (Å²) in [6.07, 6.45) is 5.50. The minimum atomic E-state index is 1.75. The first-order valence-corrected chi connectivity index (χ1v) is 3.22. The van der Waals surface area contributed by atoms with Gasteiger partial charge in [0.05, 0.1) is 0 Å². The Labute approximate surface area is 65.3 Å². The second kappa shape index (κ2) is 43.6. The van der Waals surface area contributed by atoms with Crippen molar-refractivity contribution in [1.82, 2.24) is 0 Å². The lowest BCUT2D eigenvalue weighted by atomic mass is 10.6. The molecule has 0 rings (SSSR count). The predicted molar refractivity (Wildman–Crippen MR) is 51.1 cm³/mol. The molecule has 0 fully saturated rings. The molecule has 0 radical (unpaired) electrons. The average molecular weight is 138 g/mol. The molecule has 0 saturated carbocycles. The molecule has 0 unspecified atom stereocenters. The van der Waals surface area contributed by atoms with E-state index < -0.39 is 0 Å². The molecule has 0 amide bonds. The normalized spacial score (nSPS) is 4.30. The highest BCUT2D eigenvalue weighted by Crippen LogP contribution is 1.57. The molecule has 0 atom stereocenters. The number of allylic oxidation sites excluding steroid dienone is 2. The maximum atomic E-state index is 3.36. The van der Waals surface area contributed by atoms with Crippen molar-refractivity contribution in [2.45, 2.75) is 20.8 Å². The molecule has 0 aromatic heterocycles. The van der Waals surface area contributed by atoms with Crippen molar-refractivity contribution in [3.05, 3.63) is 43.7 Å². The van der Waals surface area contributed by atoms with E-state index in [1.807, 2.05) is 32.9 Å². The summed E-state index contributed by atoms with van der Waals surface area (Å²) in [6, 6.07) is 0. The monoisotopic (exact) mass is 138 g/mol. The van der Waals surface area contributed by atoms with Crippen LogP contribution in [-0.4, -0.2) is 0 Å². The summed E-state index contributed by atoms with van der Waals surface area (Å²) in [6.45, 7) is 15.1. The number of hydrogen-bond donors (Lipinski definition) is 0. The van der Waals surface area contributed by atoms with Gasteiger partial charge in [-0.1, -0.05) is 6.08 Å². The molecule has 0 saturated heterocycles. The van der Waals surface area contributed by atoms with Gasteiger partial charge in [-0.05, 0) is 32.9 Å². The van der Waals surface area contributed by atoms with E-state index in [1.165, 1.54) is 0 Å². The second-order valence-corrected chi connectivity index (χ2v) is 1.15. The van der Waals surface area contributed by atoms with Gasteiger partial charge in [-0.3, -0.25) is 0 Å². The number of hydrogen-bond acceptors (Lipinski definition) is 0. The van der Waals surface area contributed by atoms with Gasteiger partial charge in [0.25, 0.3) is 0 Å². The molecular formula is C10H18. The van der Waals surface area contributed by atoms with Crippen LogP contribution in [0.2, 0.25) is 0 Å². The third kappa shape index (κ3) is 252. The van der Waals surface area contributed by atoms with Crippen molar-refractivity contribution in [3.8, 4) is 0 Å². The topological polar surface area (TPSA) is 0 Å². The molecular weight excluding hydrogens is 120 g/mol. The van der Waals surface area contributed by atoms with Gasteiger partial charge >= 0.3 is 0 Å². The maximum absolute atomic E-state index is 3.36. The van der Waals surface area contributed by atoms with Crippen LogP contribution >= 0.6 is 0 Å². The first-order valence-electron chi connectivity index (χ1n) is 3.22. The standard InChI is InChI=1S/C5H8.C3H6.C2H4/c1-3-5-4-2;1-3-2;1-2/h3-4H,1-2H3;3H,1H2,2H3;1-2H2. The molecule has 0 N–H and O–H groups in total. The quantitative estimate of drug-likeness (QED) is 0.353. The summed E-state index contributed by atoms with van der Waals surface area (Å²) >= 11 is 0. The zero-order valence-electron chi connectivity index (χ0n) is 7.35. The number of rotatable bonds is 0. The first kappa shape index (κ1) is 16.0. The zero-order valence-corrected chi connectivity index (χ0v) is 7.35. The summed E-state index contributed by atoms with van der Waals surface area (Å²) < 4.78 is 0. The second-order valence-electron chi connectivity index (χ2n) is 1.15. The van der Waals surface area contributed by atoms with Crippen LogP contribution in [0.15, 0.2) is 43.7 Å². The largest absolute Gasteiger partial charge is 0.130 e. The van der Waals surface area contributed by atoms with E-state index in [-0.39, 0.29) is 0 Å². The highest BCUT2D eigenvalue weighted by molar-refractivity contribution is 4.76. The zero-order chi connectivity index (χ0) is 8.83. The molecule has 0 nitrogen and oxygen atoms in total. The molecule has 0 heteroatoms. The lowest BCUT2D eigenvalue weighted by Gasteiger charge is -1.48. The molecule has 0 aliphatic rings. The van der Waals surface area contributed by atoms with Crippen LogP contribution in [0.5, 0.6) is 0 Å². The van der Waals surface area contributed by atoms with E-state index in [9.17, 15) is 0 Å². The molecule has 0 bridgehead atoms. The fourth-order valence-corrected chi connectivity index (χ4v) is 0.167. The Kier molecular flexibility index (Phi) is 69.7. The Hall–Kier alpha value is -1.00. The summed E-state index contributed by atoms with van der Waals surface area (Å²) in [5.74, 6) is 0. The molecule has 0 spiro atoms. The van der Waals surface area contributed by atoms with Crippen LogP contribution in [0.3, 0.4) is 0 Å². The van der Waals surface area contributed by atoms with Gasteiger partial charge in [0, 0.05) is 0 Å². The Bertz CT molecular complexity index is 86.6. The van der Waals surface area contributed by atoms with E-state index in [0.29, 0.717) is 0 Å². The summed E-state index contributed by atoms with van der Waals surface area (Å²) in [4.78, 5) is 0. The SMILES string of the molecule is C=C.C=CC.CC=C=CC. The van der Waals surface area contributed by atoms with Crippen LogP contribution in [0.25, 0.3) is 0 Å². The minimum Gasteiger partial charge on any atom is -0.130 e. The van der Waals surface area contributed by atoms with Crippen LogP contribution < -0.4 is 0 Å². The van der Waals surface area contributed by atoms with E-state index >= 15 is 0 Å². The van der Waals surface area contributed by atoms with Gasteiger partial charge in [0.1, 0.15) is 0 Å². The van der Waals surface area contributed by atoms with Crippen LogP contribution in [0.1, 0.15) is 20.8 Å². The van der Waals surface area contributed by atoms with Gasteiger partial charge in [-0.2, -0.15) is 0 Å². The Morgan fingerprint density at radius 1 is 1.00 bits per heavy atom. The highest BCUT2D eigenvalue weighted by atomic mass is 13.4. The molecule has 58 valence electrons. The molecule has 10 heavy (non-hydrogen) atoms. The summed E-state index contributed by atoms with van der Waals surface area (Å²) in [5.41, 5.74) is 2.86. The van der Waals surface area contributed by atoms with Crippen LogP contribution in [0, 0.1) is 0 Å². The minimum absolute atomic E-state index is 1.75. The fourth-order valence-electron chi connectivity index (χ4n) is 0.167. The van der Waals surface area contributed by atoms with Crippen molar-refractivity contribution < 1.29 is 0 Å². The summed E-state index contributed by atoms with van der Waals surface area (Å²) in [5, 5.41) is 0. The fraction of sp³-hybridized carbons (Fsp3) is 0.300. The molecule has 0 heterocycles. The smallest absolute Gasteiger partial charge is 0.0393 e. The lowest BCUT2D eigenvalue weighted by Crippen LogP contribution is -1.26. The molecule has 0 aromatic carbocycles. The van der Waals surface area contributed by atoms with Gasteiger partial charge < -0.3 is 0 Å². The Morgan fingerprint density at radius 3 is 1.20 bits per heavy atom. The van der Waals surface area contributed by atoms with Crippen LogP contribution in [0.4, 0.5) is 0 Å². The maximum Gasteiger partial charge on any atom is -0.0393 e. The Balaban J connectivity index is -0.0000000847. The van der Waals surface area contributed by atoms with Crippen molar-refractivity contribution in [2.24, 2.45) is 0 Å². The van der Waals surface area contributed by atoms with E-state index in [2.05, 4.69) is 25.5 Å². The third-order valence-electron chi connectivity index (χ3n) is 0.333. The molecule has 0 aliphatic heterocycles. The van der Waals surface area contributed by atoms with E-state index in [1.54, 1.807) is 6.08 Å². The van der Waals surface area contributed by atoms with Crippen molar-refractivity contribution in [3.63, 3.8) is 0 Å². The van der Waals surface area contributed by atoms with Gasteiger partial charge in [0.15, 0.2) is 0 Å². The van der Waals surface area contributed by atoms with Crippen LogP contribution in [-0.2, 0) is 0 Å². The lowest BCUT2D eigenvalue weighted by molar-refractivity contribution is 1.71. The first-order chi connectivity index (χ1) is 4.83. The van der Waals surface area contributed by atoms with Gasteiger partial charge in [0.2, 0.25) is 0 Å². The molecule has 0 aliphatic carbocycles. The molecule has 0 aromatic rings. The van der Waals surface area contributed by atoms with E-state index in [0.717, 1.165) is 0 Å². The van der Waals surface area contributed by atoms with E-state index in [4.69, 9.17) is 0 Å². The highest BCUT2D eigenvalue weighted by Gasteiger charge is 1.35. The van der Waals surface area contributed by atoms with Gasteiger partial charge in [-0.25, -0.2) is 0 Å². The van der Waals surface area contributed by atoms with Crippen molar-refractivity contribution >= 4 is 0 Å². The third-order valence-corrected chi connectivity index (χ3v) is 0.333. The van der Waals surface area contributed by atoms with Crippen molar-refractivity contribution in [2.75, 3.05) is 0 Å². The van der Waals surface area contributed by atoms with Gasteiger partial charge in [-0.15, -0.1) is 25.5 Å². The predicted octanol–water partition coefficient (Wildman–Crippen LogP) is 3.73. The van der Waals surface area contributed by atoms with Crippen molar-refractivity contribution in [1.29, 1.82) is 0 Å². The summed E-state index contributed by atoms with van der Waals surface area (Å²) in [7, 11) is 0. The average Bonchev–Trinajstić information content (AvgIpc) is 1.96. The Morgan fingerprint density at radius 2 is 1.20 bits per heavy atom.